The molecule has 3 unspecified atom stereocenters. The number of pyridine rings is 1. The van der Waals surface area contributed by atoms with Gasteiger partial charge in [0.15, 0.2) is 11.5 Å². The first-order valence-corrected chi connectivity index (χ1v) is 16.0. The molecule has 3 aliphatic rings. The third-order valence-electron chi connectivity index (χ3n) is 9.26. The van der Waals surface area contributed by atoms with Gasteiger partial charge in [0, 0.05) is 23.2 Å². The fourth-order valence-electron chi connectivity index (χ4n) is 6.91. The van der Waals surface area contributed by atoms with Gasteiger partial charge in [0.05, 0.1) is 23.9 Å². The standard InChI is InChI=1S/C35H48N2O4/c1-25-9-8-12-30(41-35(19-6-3-7-20-35)31-24-37-34(36)22-27(31)16-13-25)23-28(38)17-14-26-15-18-32(39)33(21-26)40-29-10-4-2-5-11-29/h15,18,21-22,24-25,28-30,38-39H,2-12,14,17,19-20,23H2,1H3,(H2,36,37). The summed E-state index contributed by atoms with van der Waals surface area (Å²) < 4.78 is 13.3. The number of hydrogen-bond donors (Lipinski definition) is 3. The van der Waals surface area contributed by atoms with Crippen LogP contribution >= 0.6 is 0 Å². The number of rotatable bonds is 7. The SMILES string of the molecule is CC1C#Cc2cc(N)ncc2C2(CCCCC2)OC(CC(O)CCc2ccc(O)c(OC3CCCCC3)c2)CCC1. The summed E-state index contributed by atoms with van der Waals surface area (Å²) in [5, 5.41) is 21.6. The molecule has 2 saturated carbocycles. The predicted molar refractivity (Wildman–Crippen MR) is 163 cm³/mol. The zero-order valence-electron chi connectivity index (χ0n) is 24.7. The lowest BCUT2D eigenvalue weighted by Crippen LogP contribution is -2.38. The van der Waals surface area contributed by atoms with Crippen LogP contribution in [0, 0.1) is 17.8 Å². The second-order valence-corrected chi connectivity index (χ2v) is 12.7. The van der Waals surface area contributed by atoms with Gasteiger partial charge in [-0.1, -0.05) is 50.5 Å². The average molecular weight is 561 g/mol. The number of ether oxygens (including phenoxy) is 2. The lowest BCUT2D eigenvalue weighted by Gasteiger charge is -2.41. The molecule has 0 saturated heterocycles. The summed E-state index contributed by atoms with van der Waals surface area (Å²) in [6.45, 7) is 2.18. The van der Waals surface area contributed by atoms with Crippen LogP contribution in [0.2, 0.25) is 0 Å². The molecule has 1 aromatic carbocycles. The van der Waals surface area contributed by atoms with E-state index in [1.807, 2.05) is 24.4 Å². The van der Waals surface area contributed by atoms with E-state index in [0.29, 0.717) is 24.4 Å². The Kier molecular flexibility index (Phi) is 10.1. The number of nitrogens with two attached hydrogens (primary N) is 1. The molecule has 0 radical (unpaired) electrons. The number of phenols is 1. The molecule has 6 nitrogen and oxygen atoms in total. The van der Waals surface area contributed by atoms with Gasteiger partial charge in [-0.3, -0.25) is 0 Å². The van der Waals surface area contributed by atoms with Crippen molar-refractivity contribution in [2.45, 2.75) is 134 Å². The Balaban J connectivity index is 1.28. The molecule has 2 aromatic rings. The largest absolute Gasteiger partial charge is 0.504 e. The van der Waals surface area contributed by atoms with Crippen molar-refractivity contribution in [1.29, 1.82) is 0 Å². The van der Waals surface area contributed by atoms with Crippen LogP contribution in [0.5, 0.6) is 11.5 Å². The maximum atomic E-state index is 11.2. The van der Waals surface area contributed by atoms with Crippen LogP contribution in [0.25, 0.3) is 0 Å². The minimum atomic E-state index is -0.486. The maximum Gasteiger partial charge on any atom is 0.161 e. The monoisotopic (exact) mass is 560 g/mol. The van der Waals surface area contributed by atoms with E-state index in [2.05, 4.69) is 23.7 Å². The summed E-state index contributed by atoms with van der Waals surface area (Å²) in [6.07, 6.45) is 17.4. The normalized spacial score (nSPS) is 24.0. The minimum absolute atomic E-state index is 0.0520. The third-order valence-corrected chi connectivity index (χ3v) is 9.26. The van der Waals surface area contributed by atoms with Crippen LogP contribution in [0.1, 0.15) is 120 Å². The van der Waals surface area contributed by atoms with Crippen molar-refractivity contribution >= 4 is 5.82 Å². The zero-order chi connectivity index (χ0) is 28.7. The van der Waals surface area contributed by atoms with Crippen LogP contribution in [0.3, 0.4) is 0 Å². The summed E-state index contributed by atoms with van der Waals surface area (Å²) in [7, 11) is 0. The fourth-order valence-corrected chi connectivity index (χ4v) is 6.91. The van der Waals surface area contributed by atoms with Crippen molar-refractivity contribution in [2.75, 3.05) is 5.73 Å². The number of anilines is 1. The molecule has 1 spiro atoms. The van der Waals surface area contributed by atoms with E-state index in [0.717, 1.165) is 80.9 Å². The van der Waals surface area contributed by atoms with Crippen LogP contribution < -0.4 is 10.5 Å². The number of phenolic OH excluding ortho intramolecular Hbond substituents is 1. The number of aryl methyl sites for hydroxylation is 1. The molecule has 0 bridgehead atoms. The molecule has 1 aromatic heterocycles. The number of aliphatic hydroxyl groups excluding tert-OH is 1. The summed E-state index contributed by atoms with van der Waals surface area (Å²) in [5.41, 5.74) is 8.71. The van der Waals surface area contributed by atoms with E-state index in [1.165, 1.54) is 25.7 Å². The van der Waals surface area contributed by atoms with Crippen molar-refractivity contribution in [3.63, 3.8) is 0 Å². The van der Waals surface area contributed by atoms with E-state index in [1.54, 1.807) is 6.07 Å². The topological polar surface area (TPSA) is 97.8 Å². The average Bonchev–Trinajstić information content (AvgIpc) is 2.99. The van der Waals surface area contributed by atoms with Crippen molar-refractivity contribution in [2.24, 2.45) is 5.92 Å². The molecule has 2 aliphatic carbocycles. The summed E-state index contributed by atoms with van der Waals surface area (Å²) in [6, 6.07) is 7.52. The molecule has 0 amide bonds. The molecule has 41 heavy (non-hydrogen) atoms. The Hall–Kier alpha value is -2.75. The Labute approximate surface area is 246 Å². The highest BCUT2D eigenvalue weighted by molar-refractivity contribution is 5.49. The number of aromatic hydroxyl groups is 1. The minimum Gasteiger partial charge on any atom is -0.504 e. The van der Waals surface area contributed by atoms with Crippen molar-refractivity contribution in [3.8, 4) is 23.3 Å². The summed E-state index contributed by atoms with van der Waals surface area (Å²) >= 11 is 0. The van der Waals surface area contributed by atoms with Gasteiger partial charge in [0.1, 0.15) is 5.82 Å². The molecule has 4 N–H and O–H groups in total. The van der Waals surface area contributed by atoms with Crippen LogP contribution in [0.15, 0.2) is 30.5 Å². The molecule has 6 heteroatoms. The van der Waals surface area contributed by atoms with Gasteiger partial charge in [-0.15, -0.1) is 0 Å². The molecule has 1 aliphatic heterocycles. The van der Waals surface area contributed by atoms with Gasteiger partial charge in [-0.05, 0) is 101 Å². The Morgan fingerprint density at radius 1 is 1.05 bits per heavy atom. The van der Waals surface area contributed by atoms with Gasteiger partial charge < -0.3 is 25.4 Å². The first-order chi connectivity index (χ1) is 19.9. The van der Waals surface area contributed by atoms with Crippen molar-refractivity contribution < 1.29 is 19.7 Å². The fraction of sp³-hybridized carbons (Fsp3) is 0.629. The van der Waals surface area contributed by atoms with E-state index in [9.17, 15) is 10.2 Å². The number of benzene rings is 1. The van der Waals surface area contributed by atoms with E-state index >= 15 is 0 Å². The number of aromatic nitrogens is 1. The first-order valence-electron chi connectivity index (χ1n) is 16.0. The highest BCUT2D eigenvalue weighted by atomic mass is 16.5. The van der Waals surface area contributed by atoms with Gasteiger partial charge >= 0.3 is 0 Å². The maximum absolute atomic E-state index is 11.2. The number of nitrogens with zero attached hydrogens (tertiary/aromatic N) is 1. The molecule has 5 rings (SSSR count). The highest BCUT2D eigenvalue weighted by Crippen LogP contribution is 2.44. The zero-order valence-corrected chi connectivity index (χ0v) is 24.7. The summed E-state index contributed by atoms with van der Waals surface area (Å²) in [4.78, 5) is 4.46. The molecule has 2 fully saturated rings. The van der Waals surface area contributed by atoms with E-state index < -0.39 is 11.7 Å². The predicted octanol–water partition coefficient (Wildman–Crippen LogP) is 7.18. The Bertz CT molecular complexity index is 1210. The number of nitrogen functional groups attached to an aromatic ring is 1. The van der Waals surface area contributed by atoms with Gasteiger partial charge in [0.25, 0.3) is 0 Å². The highest BCUT2D eigenvalue weighted by Gasteiger charge is 2.39. The molecule has 3 atom stereocenters. The van der Waals surface area contributed by atoms with E-state index in [4.69, 9.17) is 15.2 Å². The molecular formula is C35H48N2O4. The Morgan fingerprint density at radius 3 is 2.63 bits per heavy atom. The number of aliphatic hydroxyl groups is 1. The van der Waals surface area contributed by atoms with E-state index in [-0.39, 0.29) is 23.9 Å². The summed E-state index contributed by atoms with van der Waals surface area (Å²) in [5.74, 6) is 8.40. The number of fused-ring (bicyclic) bond motifs is 2. The molecule has 222 valence electrons. The first kappa shape index (κ1) is 29.7. The van der Waals surface area contributed by atoms with Gasteiger partial charge in [-0.2, -0.15) is 0 Å². The van der Waals surface area contributed by atoms with Crippen LogP contribution in [0.4, 0.5) is 5.82 Å². The lowest BCUT2D eigenvalue weighted by atomic mass is 9.78. The quantitative estimate of drug-likeness (QED) is 0.310. The smallest absolute Gasteiger partial charge is 0.161 e. The Morgan fingerprint density at radius 2 is 1.83 bits per heavy atom. The van der Waals surface area contributed by atoms with Gasteiger partial charge in [0.2, 0.25) is 0 Å². The third kappa shape index (κ3) is 7.96. The van der Waals surface area contributed by atoms with Crippen molar-refractivity contribution in [3.05, 3.63) is 47.2 Å². The second-order valence-electron chi connectivity index (χ2n) is 12.7. The van der Waals surface area contributed by atoms with Crippen molar-refractivity contribution in [1.82, 2.24) is 4.98 Å². The molecular weight excluding hydrogens is 512 g/mol. The second kappa shape index (κ2) is 13.9. The lowest BCUT2D eigenvalue weighted by molar-refractivity contribution is -0.134. The van der Waals surface area contributed by atoms with Crippen LogP contribution in [-0.2, 0) is 16.8 Å². The number of hydrogen-bond acceptors (Lipinski definition) is 6. The molecule has 2 heterocycles. The van der Waals surface area contributed by atoms with Crippen LogP contribution in [-0.4, -0.2) is 33.5 Å². The van der Waals surface area contributed by atoms with Gasteiger partial charge in [-0.25, -0.2) is 4.98 Å².